The van der Waals surface area contributed by atoms with Gasteiger partial charge in [-0.05, 0) is 36.1 Å². The number of anilines is 1. The lowest BCUT2D eigenvalue weighted by Gasteiger charge is -2.12. The van der Waals surface area contributed by atoms with Crippen LogP contribution in [-0.4, -0.2) is 38.9 Å². The van der Waals surface area contributed by atoms with Gasteiger partial charge >= 0.3 is 0 Å². The van der Waals surface area contributed by atoms with E-state index in [4.69, 9.17) is 0 Å². The third-order valence-electron chi connectivity index (χ3n) is 5.75. The number of rotatable bonds is 5. The Kier molecular flexibility index (Phi) is 4.73. The first-order valence-electron chi connectivity index (χ1n) is 10.0. The number of halogens is 2. The Balaban J connectivity index is 1.42. The largest absolute Gasteiger partial charge is 0.277 e. The lowest BCUT2D eigenvalue weighted by atomic mass is 9.98. The Bertz CT molecular complexity index is 1410. The molecule has 166 valence electrons. The Hall–Kier alpha value is -3.34. The van der Waals surface area contributed by atoms with E-state index in [1.807, 2.05) is 6.07 Å². The van der Waals surface area contributed by atoms with Gasteiger partial charge in [-0.3, -0.25) is 9.40 Å². The fraction of sp³-hybridized carbons (Fsp3) is 0.286. The number of alkyl halides is 2. The summed E-state index contributed by atoms with van der Waals surface area (Å²) in [6.07, 6.45) is 5.83. The maximum absolute atomic E-state index is 13.6. The highest BCUT2D eigenvalue weighted by molar-refractivity contribution is 7.92. The van der Waals surface area contributed by atoms with E-state index in [-0.39, 0.29) is 23.7 Å². The molecule has 0 spiro atoms. The summed E-state index contributed by atoms with van der Waals surface area (Å²) in [6.45, 7) is 0. The van der Waals surface area contributed by atoms with Crippen LogP contribution in [0.1, 0.15) is 30.7 Å². The number of hydrogen-bond acceptors (Lipinski definition) is 5. The van der Waals surface area contributed by atoms with Gasteiger partial charge in [0.2, 0.25) is 5.92 Å². The molecule has 1 aliphatic carbocycles. The molecule has 0 saturated heterocycles. The van der Waals surface area contributed by atoms with Crippen molar-refractivity contribution in [2.45, 2.75) is 36.0 Å². The molecule has 0 bridgehead atoms. The number of hydrogen-bond donors (Lipinski definition) is 1. The zero-order chi connectivity index (χ0) is 22.5. The Morgan fingerprint density at radius 1 is 1.19 bits per heavy atom. The molecule has 3 aromatic heterocycles. The fourth-order valence-electron chi connectivity index (χ4n) is 4.14. The average molecular weight is 458 g/mol. The number of fused-ring (bicyclic) bond motifs is 1. The van der Waals surface area contributed by atoms with Crippen LogP contribution < -0.4 is 4.72 Å². The van der Waals surface area contributed by atoms with Gasteiger partial charge in [0.1, 0.15) is 4.90 Å². The molecule has 0 amide bonds. The normalized spacial score (nSPS) is 18.3. The van der Waals surface area contributed by atoms with E-state index in [2.05, 4.69) is 19.9 Å². The molecular formula is C21H20F2N6O2S. The summed E-state index contributed by atoms with van der Waals surface area (Å²) in [7, 11) is -2.20. The topological polar surface area (TPSA) is 94.7 Å². The highest BCUT2D eigenvalue weighted by Crippen LogP contribution is 2.44. The van der Waals surface area contributed by atoms with Crippen LogP contribution >= 0.6 is 0 Å². The number of nitrogens with zero attached hydrogens (tertiary/aromatic N) is 5. The van der Waals surface area contributed by atoms with Crippen LogP contribution in [0.25, 0.3) is 16.7 Å². The molecule has 1 fully saturated rings. The maximum Gasteiger partial charge on any atom is 0.265 e. The van der Waals surface area contributed by atoms with Gasteiger partial charge in [-0.1, -0.05) is 12.1 Å². The van der Waals surface area contributed by atoms with Gasteiger partial charge < -0.3 is 0 Å². The van der Waals surface area contributed by atoms with Crippen molar-refractivity contribution in [3.63, 3.8) is 0 Å². The van der Waals surface area contributed by atoms with Crippen molar-refractivity contribution < 1.29 is 17.2 Å². The Morgan fingerprint density at radius 2 is 2.03 bits per heavy atom. The SMILES string of the molecule is Cn1ncc2cccc(NS(=O)(=O)c3cnn(-c4cc(C5CCC(F)(F)C5)ccn4)c3)c21. The summed E-state index contributed by atoms with van der Waals surface area (Å²) in [5, 5.41) is 9.10. The van der Waals surface area contributed by atoms with Gasteiger partial charge in [0.15, 0.2) is 5.82 Å². The van der Waals surface area contributed by atoms with Crippen LogP contribution in [-0.2, 0) is 17.1 Å². The number of aryl methyl sites for hydroxylation is 1. The minimum Gasteiger partial charge on any atom is -0.277 e. The monoisotopic (exact) mass is 458 g/mol. The van der Waals surface area contributed by atoms with Crippen molar-refractivity contribution >= 4 is 26.6 Å². The molecule has 8 nitrogen and oxygen atoms in total. The molecule has 3 heterocycles. The summed E-state index contributed by atoms with van der Waals surface area (Å²) in [5.41, 5.74) is 1.80. The zero-order valence-corrected chi connectivity index (χ0v) is 17.9. The predicted molar refractivity (Wildman–Crippen MR) is 114 cm³/mol. The lowest BCUT2D eigenvalue weighted by molar-refractivity contribution is 0.00776. The zero-order valence-electron chi connectivity index (χ0n) is 17.1. The summed E-state index contributed by atoms with van der Waals surface area (Å²) in [6, 6.07) is 8.64. The second-order valence-corrected chi connectivity index (χ2v) is 9.66. The number of aromatic nitrogens is 5. The van der Waals surface area contributed by atoms with E-state index in [1.54, 1.807) is 42.2 Å². The molecule has 1 unspecified atom stereocenters. The van der Waals surface area contributed by atoms with Crippen molar-refractivity contribution in [1.29, 1.82) is 0 Å². The number of sulfonamides is 1. The second kappa shape index (κ2) is 7.37. The summed E-state index contributed by atoms with van der Waals surface area (Å²) in [5.74, 6) is -2.54. The van der Waals surface area contributed by atoms with Gasteiger partial charge in [0.05, 0.1) is 29.8 Å². The summed E-state index contributed by atoms with van der Waals surface area (Å²) >= 11 is 0. The molecule has 1 aliphatic rings. The summed E-state index contributed by atoms with van der Waals surface area (Å²) < 4.78 is 58.7. The smallest absolute Gasteiger partial charge is 0.265 e. The fourth-order valence-corrected chi connectivity index (χ4v) is 5.13. The first-order chi connectivity index (χ1) is 15.2. The van der Waals surface area contributed by atoms with E-state index < -0.39 is 15.9 Å². The van der Waals surface area contributed by atoms with Crippen LogP contribution in [0.2, 0.25) is 0 Å². The van der Waals surface area contributed by atoms with E-state index in [1.165, 1.54) is 23.3 Å². The molecule has 1 aromatic carbocycles. The predicted octanol–water partition coefficient (Wildman–Crippen LogP) is 3.86. The first kappa shape index (κ1) is 20.6. The molecule has 0 aliphatic heterocycles. The summed E-state index contributed by atoms with van der Waals surface area (Å²) in [4.78, 5) is 4.18. The van der Waals surface area contributed by atoms with Gasteiger partial charge in [-0.2, -0.15) is 10.2 Å². The molecular weight excluding hydrogens is 438 g/mol. The molecule has 5 rings (SSSR count). The highest BCUT2D eigenvalue weighted by atomic mass is 32.2. The standard InChI is InChI=1S/C21H20F2N6O2S/c1-28-20-16(11-25-28)3-2-4-18(20)27-32(30,31)17-12-26-29(13-17)19-9-14(6-8-24-19)15-5-7-21(22,23)10-15/h2-4,6,8-9,11-13,15,27H,5,7,10H2,1H3. The molecule has 11 heteroatoms. The maximum atomic E-state index is 13.6. The first-order valence-corrected chi connectivity index (χ1v) is 11.5. The molecule has 1 N–H and O–H groups in total. The molecule has 32 heavy (non-hydrogen) atoms. The minimum absolute atomic E-state index is 0.0451. The third-order valence-corrected chi connectivity index (χ3v) is 7.07. The van der Waals surface area contributed by atoms with Gasteiger partial charge in [-0.15, -0.1) is 0 Å². The Labute approximate surface area is 182 Å². The molecule has 4 aromatic rings. The van der Waals surface area contributed by atoms with E-state index >= 15 is 0 Å². The minimum atomic E-state index is -3.93. The Morgan fingerprint density at radius 3 is 2.81 bits per heavy atom. The van der Waals surface area contributed by atoms with Crippen molar-refractivity contribution in [3.05, 3.63) is 60.7 Å². The van der Waals surface area contributed by atoms with Gasteiger partial charge in [0.25, 0.3) is 10.0 Å². The van der Waals surface area contributed by atoms with Crippen LogP contribution in [0, 0.1) is 0 Å². The number of para-hydroxylation sites is 1. The average Bonchev–Trinajstić information content (AvgIpc) is 3.47. The van der Waals surface area contributed by atoms with Crippen LogP contribution in [0.3, 0.4) is 0 Å². The van der Waals surface area contributed by atoms with Crippen molar-refractivity contribution in [1.82, 2.24) is 24.5 Å². The van der Waals surface area contributed by atoms with Crippen LogP contribution in [0.5, 0.6) is 0 Å². The number of pyridine rings is 1. The molecule has 1 atom stereocenters. The second-order valence-electron chi connectivity index (χ2n) is 7.98. The van der Waals surface area contributed by atoms with Crippen molar-refractivity contribution in [2.24, 2.45) is 7.05 Å². The third kappa shape index (κ3) is 3.72. The van der Waals surface area contributed by atoms with Crippen LogP contribution in [0.15, 0.2) is 60.0 Å². The van der Waals surface area contributed by atoms with E-state index in [0.29, 0.717) is 23.4 Å². The number of nitrogens with one attached hydrogen (secondary N) is 1. The van der Waals surface area contributed by atoms with E-state index in [0.717, 1.165) is 10.9 Å². The van der Waals surface area contributed by atoms with Gasteiger partial charge in [-0.25, -0.2) is 26.9 Å². The molecule has 0 radical (unpaired) electrons. The van der Waals surface area contributed by atoms with Gasteiger partial charge in [0, 0.05) is 31.5 Å². The van der Waals surface area contributed by atoms with Crippen molar-refractivity contribution in [3.8, 4) is 5.82 Å². The highest BCUT2D eigenvalue weighted by Gasteiger charge is 2.40. The van der Waals surface area contributed by atoms with Crippen LogP contribution in [0.4, 0.5) is 14.5 Å². The number of benzene rings is 1. The quantitative estimate of drug-likeness (QED) is 0.490. The lowest BCUT2D eigenvalue weighted by Crippen LogP contribution is -2.13. The molecule has 1 saturated carbocycles. The van der Waals surface area contributed by atoms with Crippen molar-refractivity contribution in [2.75, 3.05) is 4.72 Å². The van der Waals surface area contributed by atoms with E-state index in [9.17, 15) is 17.2 Å².